The van der Waals surface area contributed by atoms with Gasteiger partial charge in [-0.15, -0.1) is 0 Å². The molecule has 0 aliphatic carbocycles. The predicted octanol–water partition coefficient (Wildman–Crippen LogP) is -0.456. The van der Waals surface area contributed by atoms with Gasteiger partial charge in [0.25, 0.3) is 0 Å². The van der Waals surface area contributed by atoms with Crippen LogP contribution >= 0.6 is 0 Å². The van der Waals surface area contributed by atoms with Crippen molar-refractivity contribution in [1.82, 2.24) is 0 Å². The molecule has 0 heterocycles. The summed E-state index contributed by atoms with van der Waals surface area (Å²) in [6.07, 6.45) is 0. The van der Waals surface area contributed by atoms with E-state index in [0.29, 0.717) is 0 Å². The van der Waals surface area contributed by atoms with E-state index in [2.05, 4.69) is 31.8 Å². The van der Waals surface area contributed by atoms with Crippen LogP contribution in [-0.2, 0) is 25.9 Å². The Morgan fingerprint density at radius 1 is 2.00 bits per heavy atom. The first kappa shape index (κ1) is 5.17. The van der Waals surface area contributed by atoms with E-state index in [1.54, 1.807) is 0 Å². The maximum absolute atomic E-state index is 9.38. The molecule has 0 unspecified atom stereocenters. The first-order valence-electron chi connectivity index (χ1n) is 0.795. The van der Waals surface area contributed by atoms with Crippen LogP contribution in [0.4, 0.5) is 4.79 Å². The van der Waals surface area contributed by atoms with Crippen molar-refractivity contribution >= 4 is 4.19 Å². The van der Waals surface area contributed by atoms with Crippen LogP contribution in [-0.4, -0.2) is 4.19 Å². The Labute approximate surface area is 41.3 Å². The van der Waals surface area contributed by atoms with Crippen molar-refractivity contribution in [3.8, 4) is 0 Å². The molecule has 0 radical (unpaired) electrons. The van der Waals surface area contributed by atoms with Crippen molar-refractivity contribution in [3.63, 3.8) is 0 Å². The molecule has 4 heteroatoms. The SMILES string of the molecule is NO[C](=O)[Ag]. The first-order chi connectivity index (χ1) is 2.27. The van der Waals surface area contributed by atoms with Gasteiger partial charge in [-0.05, 0) is 0 Å². The molecule has 34 valence electrons. The van der Waals surface area contributed by atoms with Gasteiger partial charge in [-0.1, -0.05) is 0 Å². The molecule has 0 aromatic heterocycles. The Bertz CT molecular complexity index is 44.9. The monoisotopic (exact) mass is 167 g/mol. The van der Waals surface area contributed by atoms with E-state index in [9.17, 15) is 4.79 Å². The Hall–Kier alpha value is 0.170. The van der Waals surface area contributed by atoms with Gasteiger partial charge in [-0.2, -0.15) is 0 Å². The second-order valence-corrected chi connectivity index (χ2v) is 0.929. The van der Waals surface area contributed by atoms with Crippen molar-refractivity contribution in [1.29, 1.82) is 0 Å². The van der Waals surface area contributed by atoms with Gasteiger partial charge in [0.2, 0.25) is 0 Å². The fraction of sp³-hybridized carbons (Fsp3) is 0. The minimum atomic E-state index is -0.658. The summed E-state index contributed by atoms with van der Waals surface area (Å²) in [7, 11) is 0. The van der Waals surface area contributed by atoms with Crippen LogP contribution in [0, 0.1) is 0 Å². The van der Waals surface area contributed by atoms with E-state index in [-0.39, 0.29) is 0 Å². The van der Waals surface area contributed by atoms with Gasteiger partial charge in [-0.3, -0.25) is 0 Å². The number of hydrogen-bond acceptors (Lipinski definition) is 3. The summed E-state index contributed by atoms with van der Waals surface area (Å²) in [5.41, 5.74) is 0. The molecular weight excluding hydrogens is 166 g/mol. The average Bonchev–Trinajstić information content (AvgIpc) is 1.38. The van der Waals surface area contributed by atoms with Crippen LogP contribution in [0.3, 0.4) is 0 Å². The number of carbonyl (C=O) groups excluding carboxylic acids is 1. The molecule has 2 N–H and O–H groups in total. The average molecular weight is 168 g/mol. The molecule has 0 aromatic carbocycles. The molecule has 5 heavy (non-hydrogen) atoms. The second kappa shape index (κ2) is 2.41. The van der Waals surface area contributed by atoms with Crippen LogP contribution in [0.25, 0.3) is 0 Å². The van der Waals surface area contributed by atoms with Crippen molar-refractivity contribution in [2.45, 2.75) is 0 Å². The van der Waals surface area contributed by atoms with E-state index < -0.39 is 4.19 Å². The molecule has 0 bridgehead atoms. The third kappa shape index (κ3) is 4.17. The van der Waals surface area contributed by atoms with E-state index in [1.165, 1.54) is 0 Å². The van der Waals surface area contributed by atoms with Crippen molar-refractivity contribution < 1.29 is 30.7 Å². The third-order valence-electron chi connectivity index (χ3n) is 0.0836. The van der Waals surface area contributed by atoms with Gasteiger partial charge >= 0.3 is 40.8 Å². The number of carbonyl (C=O) groups is 1. The molecule has 0 amide bonds. The summed E-state index contributed by atoms with van der Waals surface area (Å²) in [6, 6.07) is 0. The summed E-state index contributed by atoms with van der Waals surface area (Å²) in [5, 5.41) is 0. The maximum atomic E-state index is 9.38. The summed E-state index contributed by atoms with van der Waals surface area (Å²) in [6.45, 7) is 0. The van der Waals surface area contributed by atoms with Crippen LogP contribution in [0.15, 0.2) is 0 Å². The van der Waals surface area contributed by atoms with Crippen LogP contribution < -0.4 is 5.90 Å². The van der Waals surface area contributed by atoms with E-state index >= 15 is 0 Å². The Morgan fingerprint density at radius 3 is 2.20 bits per heavy atom. The molecule has 0 atom stereocenters. The predicted molar refractivity (Wildman–Crippen MR) is 10.7 cm³/mol. The standard InChI is InChI=1S/CH2NO2.Ag/c2-4-1-3;/h2H2;. The summed E-state index contributed by atoms with van der Waals surface area (Å²) in [5.74, 6) is 4.27. The number of rotatable bonds is 0. The van der Waals surface area contributed by atoms with Crippen molar-refractivity contribution in [2.75, 3.05) is 0 Å². The normalized spacial score (nSPS) is 7.00. The van der Waals surface area contributed by atoms with Crippen LogP contribution in [0.1, 0.15) is 0 Å². The summed E-state index contributed by atoms with van der Waals surface area (Å²) in [4.78, 5) is 12.9. The van der Waals surface area contributed by atoms with Gasteiger partial charge in [0.15, 0.2) is 0 Å². The number of hydrogen-bond donors (Lipinski definition) is 1. The van der Waals surface area contributed by atoms with Crippen LogP contribution in [0.2, 0.25) is 0 Å². The third-order valence-corrected chi connectivity index (χ3v) is 0.258. The van der Waals surface area contributed by atoms with E-state index in [1.807, 2.05) is 0 Å². The Morgan fingerprint density at radius 2 is 2.20 bits per heavy atom. The zero-order valence-corrected chi connectivity index (χ0v) is 3.68. The molecule has 0 fully saturated rings. The molecule has 0 rings (SSSR count). The molecule has 0 saturated heterocycles. The fourth-order valence-electron chi connectivity index (χ4n) is 0. The Kier molecular flexibility index (Phi) is 2.49. The Balaban J connectivity index is 2.85. The van der Waals surface area contributed by atoms with Crippen molar-refractivity contribution in [3.05, 3.63) is 0 Å². The van der Waals surface area contributed by atoms with Gasteiger partial charge in [0.05, 0.1) is 0 Å². The molecule has 0 spiro atoms. The fourth-order valence-corrected chi connectivity index (χ4v) is 0. The van der Waals surface area contributed by atoms with E-state index in [4.69, 9.17) is 0 Å². The first-order valence-corrected chi connectivity index (χ1v) is 1.54. The molecular formula is CH2AgNO2. The zero-order valence-electron chi connectivity index (χ0n) is 2.20. The van der Waals surface area contributed by atoms with Crippen molar-refractivity contribution in [2.24, 2.45) is 5.90 Å². The zero-order chi connectivity index (χ0) is 4.28. The molecule has 0 saturated carbocycles. The second-order valence-electron chi connectivity index (χ2n) is 0.324. The quantitative estimate of drug-likeness (QED) is 0.393. The van der Waals surface area contributed by atoms with E-state index in [0.717, 1.165) is 0 Å². The van der Waals surface area contributed by atoms with Crippen LogP contribution in [0.5, 0.6) is 0 Å². The molecule has 0 aromatic rings. The summed E-state index contributed by atoms with van der Waals surface area (Å²) < 4.78 is -0.658. The molecule has 0 aliphatic rings. The topological polar surface area (TPSA) is 52.3 Å². The number of nitrogens with two attached hydrogens (primary N) is 1. The van der Waals surface area contributed by atoms with Gasteiger partial charge in [-0.25, -0.2) is 0 Å². The molecule has 0 aliphatic heterocycles. The summed E-state index contributed by atoms with van der Waals surface area (Å²) >= 11 is 2.40. The molecule has 3 nitrogen and oxygen atoms in total. The van der Waals surface area contributed by atoms with Gasteiger partial charge in [0.1, 0.15) is 0 Å². The minimum absolute atomic E-state index is 0.658. The van der Waals surface area contributed by atoms with Gasteiger partial charge in [0, 0.05) is 0 Å². The van der Waals surface area contributed by atoms with Gasteiger partial charge < -0.3 is 0 Å².